The molecule has 0 aromatic carbocycles. The van der Waals surface area contributed by atoms with Gasteiger partial charge in [-0.1, -0.05) is 484 Å². The minimum absolute atomic E-state index is 0.345. The summed E-state index contributed by atoms with van der Waals surface area (Å²) in [5, 5.41) is 211. The van der Waals surface area contributed by atoms with E-state index in [2.05, 4.69) is 34.6 Å². The Morgan fingerprint density at radius 1 is 0.120 bits per heavy atom. The van der Waals surface area contributed by atoms with Crippen LogP contribution in [-0.4, -0.2) is 298 Å². The highest BCUT2D eigenvalue weighted by Crippen LogP contribution is 2.20. The quantitative estimate of drug-likeness (QED) is 0.0251. The van der Waals surface area contributed by atoms with Crippen molar-refractivity contribution in [3.63, 3.8) is 0 Å². The average molecular weight is 2070 g/mol. The third-order valence-corrected chi connectivity index (χ3v) is 22.9. The van der Waals surface area contributed by atoms with Gasteiger partial charge in [0.2, 0.25) is 0 Å². The molecular weight excluding hydrogens is 1830 g/mol. The molecule has 0 amide bonds. The molecule has 31 nitrogen and oxygen atoms in total. The second-order valence-corrected chi connectivity index (χ2v) is 37.6. The van der Waals surface area contributed by atoms with E-state index in [1.165, 1.54) is 417 Å². The van der Waals surface area contributed by atoms with Crippen LogP contribution in [0.25, 0.3) is 0 Å². The van der Waals surface area contributed by atoms with E-state index in [-0.39, 0.29) is 92.5 Å². The highest BCUT2D eigenvalue weighted by atomic mass is 16.4. The van der Waals surface area contributed by atoms with Crippen LogP contribution in [0.15, 0.2) is 0 Å². The molecule has 0 saturated carbocycles. The van der Waals surface area contributed by atoms with Crippen molar-refractivity contribution in [2.45, 2.75) is 591 Å². The summed E-state index contributed by atoms with van der Waals surface area (Å²) in [6.07, 6.45) is 94.3. The number of aliphatic hydroxyl groups excluding tert-OH is 21. The zero-order valence-electron chi connectivity index (χ0n) is 91.7. The third-order valence-electron chi connectivity index (χ3n) is 22.9. The number of hydrogen-bond donors (Lipinski definition) is 26. The molecular formula is C111H236O31. The molecule has 866 valence electrons. The highest BCUT2D eigenvalue weighted by Gasteiger charge is 2.07. The van der Waals surface area contributed by atoms with Crippen LogP contribution in [0.1, 0.15) is 548 Å². The number of carboxylic acids is 5. The summed E-state index contributed by atoms with van der Waals surface area (Å²) in [5.74, 6) is -3.27. The summed E-state index contributed by atoms with van der Waals surface area (Å²) < 4.78 is 0. The van der Waals surface area contributed by atoms with Gasteiger partial charge < -0.3 is 133 Å². The lowest BCUT2D eigenvalue weighted by molar-refractivity contribution is -0.138. The molecule has 0 aromatic rings. The summed E-state index contributed by atoms with van der Waals surface area (Å²) in [4.78, 5) is 51.7. The van der Waals surface area contributed by atoms with Gasteiger partial charge in [0, 0.05) is 32.1 Å². The number of aliphatic hydroxyl groups is 21. The molecule has 0 aliphatic carbocycles. The van der Waals surface area contributed by atoms with Gasteiger partial charge in [0.05, 0.1) is 92.5 Å². The summed E-state index contributed by atoms with van der Waals surface area (Å²) >= 11 is 0. The fourth-order valence-electron chi connectivity index (χ4n) is 13.6. The van der Waals surface area contributed by atoms with Gasteiger partial charge in [0.25, 0.3) is 0 Å². The lowest BCUT2D eigenvalue weighted by atomic mass is 10.0. The first-order valence-corrected chi connectivity index (χ1v) is 56.9. The number of carboxylic acid groups (broad SMARTS) is 5. The molecule has 0 rings (SSSR count). The Kier molecular flexibility index (Phi) is 185. The van der Waals surface area contributed by atoms with Crippen molar-refractivity contribution in [1.82, 2.24) is 0 Å². The molecule has 0 spiro atoms. The van der Waals surface area contributed by atoms with Gasteiger partial charge in [0.15, 0.2) is 0 Å². The predicted molar refractivity (Wildman–Crippen MR) is 577 cm³/mol. The van der Waals surface area contributed by atoms with Crippen molar-refractivity contribution in [3.05, 3.63) is 0 Å². The molecule has 0 radical (unpaired) electrons. The highest BCUT2D eigenvalue weighted by molar-refractivity contribution is 5.67. The molecule has 0 aromatic heterocycles. The Morgan fingerprint density at radius 3 is 0.218 bits per heavy atom. The predicted octanol–water partition coefficient (Wildman–Crippen LogP) is 20.0. The molecule has 0 fully saturated rings. The molecule has 0 bridgehead atoms. The van der Waals surface area contributed by atoms with Crippen molar-refractivity contribution in [2.75, 3.05) is 92.5 Å². The van der Waals surface area contributed by atoms with Crippen LogP contribution < -0.4 is 0 Å². The van der Waals surface area contributed by atoms with E-state index in [1.54, 1.807) is 0 Å². The van der Waals surface area contributed by atoms with Crippen LogP contribution in [0.3, 0.4) is 0 Å². The Hall–Kier alpha value is -3.49. The molecule has 0 unspecified atom stereocenters. The van der Waals surface area contributed by atoms with Crippen LogP contribution in [0.4, 0.5) is 0 Å². The van der Waals surface area contributed by atoms with Crippen LogP contribution in [0.2, 0.25) is 0 Å². The SMILES string of the molecule is CCCCCCCCCCCCCCCCCC(=O)O.CCCCCCCCCCCCCCCCCC(=O)O.CCCCCCCCCCCCCCCCCC(=O)O.CCCCCCCCCCCCCCCCCC(=O)O.CCCCCCCCCCCCCCCCCC(=O)O.OCC(O)CO.OCC(O)CO.OCC(O)CO.OCC(O)CO.OCC(O)CO.OCC(O)CO.OCC(O)CO. The summed E-state index contributed by atoms with van der Waals surface area (Å²) in [6, 6.07) is 0. The van der Waals surface area contributed by atoms with Gasteiger partial charge in [-0.2, -0.15) is 0 Å². The number of aliphatic carboxylic acids is 5. The first-order chi connectivity index (χ1) is 68.5. The molecule has 0 aliphatic rings. The largest absolute Gasteiger partial charge is 0.481 e. The number of rotatable bonds is 94. The molecule has 0 atom stereocenters. The van der Waals surface area contributed by atoms with E-state index in [0.29, 0.717) is 32.1 Å². The molecule has 0 heterocycles. The van der Waals surface area contributed by atoms with E-state index in [4.69, 9.17) is 133 Å². The smallest absolute Gasteiger partial charge is 0.303 e. The zero-order chi connectivity index (χ0) is 109. The van der Waals surface area contributed by atoms with E-state index >= 15 is 0 Å². The van der Waals surface area contributed by atoms with E-state index in [0.717, 1.165) is 64.2 Å². The van der Waals surface area contributed by atoms with Crippen LogP contribution in [0, 0.1) is 0 Å². The molecule has 0 aliphatic heterocycles. The van der Waals surface area contributed by atoms with Crippen LogP contribution in [0.5, 0.6) is 0 Å². The van der Waals surface area contributed by atoms with E-state index in [1.807, 2.05) is 0 Å². The molecule has 26 N–H and O–H groups in total. The molecule has 31 heteroatoms. The third kappa shape index (κ3) is 209. The van der Waals surface area contributed by atoms with E-state index < -0.39 is 72.6 Å². The lowest BCUT2D eigenvalue weighted by Crippen LogP contribution is -2.15. The Bertz CT molecular complexity index is 1790. The van der Waals surface area contributed by atoms with Gasteiger partial charge in [-0.05, 0) is 32.1 Å². The van der Waals surface area contributed by atoms with Crippen molar-refractivity contribution < 1.29 is 157 Å². The number of hydrogen-bond acceptors (Lipinski definition) is 26. The maximum Gasteiger partial charge on any atom is 0.303 e. The molecule has 142 heavy (non-hydrogen) atoms. The second-order valence-electron chi connectivity index (χ2n) is 37.6. The first kappa shape index (κ1) is 164. The van der Waals surface area contributed by atoms with Gasteiger partial charge in [0.1, 0.15) is 42.7 Å². The Morgan fingerprint density at radius 2 is 0.176 bits per heavy atom. The number of carbonyl (C=O) groups is 5. The second kappa shape index (κ2) is 160. The monoisotopic (exact) mass is 2070 g/mol. The summed E-state index contributed by atoms with van der Waals surface area (Å²) in [7, 11) is 0. The van der Waals surface area contributed by atoms with E-state index in [9.17, 15) is 24.0 Å². The maximum absolute atomic E-state index is 10.3. The topological polar surface area (TPSA) is 611 Å². The van der Waals surface area contributed by atoms with Gasteiger partial charge >= 0.3 is 29.8 Å². The zero-order valence-corrected chi connectivity index (χ0v) is 91.7. The van der Waals surface area contributed by atoms with Gasteiger partial charge in [-0.15, -0.1) is 0 Å². The van der Waals surface area contributed by atoms with Gasteiger partial charge in [-0.3, -0.25) is 24.0 Å². The van der Waals surface area contributed by atoms with Crippen molar-refractivity contribution in [2.24, 2.45) is 0 Å². The van der Waals surface area contributed by atoms with Crippen LogP contribution in [-0.2, 0) is 24.0 Å². The Labute approximate surface area is 865 Å². The summed E-state index contributed by atoms with van der Waals surface area (Å²) in [6.45, 7) is 6.25. The normalized spacial score (nSPS) is 10.6. The summed E-state index contributed by atoms with van der Waals surface area (Å²) in [5.41, 5.74) is 0. The van der Waals surface area contributed by atoms with Crippen molar-refractivity contribution >= 4 is 29.8 Å². The maximum atomic E-state index is 10.3. The van der Waals surface area contributed by atoms with Gasteiger partial charge in [-0.25, -0.2) is 0 Å². The fourth-order valence-corrected chi connectivity index (χ4v) is 13.6. The minimum Gasteiger partial charge on any atom is -0.481 e. The minimum atomic E-state index is -0.954. The van der Waals surface area contributed by atoms with Crippen LogP contribution >= 0.6 is 0 Å². The van der Waals surface area contributed by atoms with Crippen molar-refractivity contribution in [1.29, 1.82) is 0 Å². The Balaban J connectivity index is -0.000000135. The van der Waals surface area contributed by atoms with Crippen molar-refractivity contribution in [3.8, 4) is 0 Å². The fraction of sp³-hybridized carbons (Fsp3) is 0.955. The number of unbranched alkanes of at least 4 members (excludes halogenated alkanes) is 70. The molecule has 0 saturated heterocycles. The average Bonchev–Trinajstić information content (AvgIpc) is 1.11. The standard InChI is InChI=1S/5C18H36O2.7C3H8O3/c5*1-2-3-4-5-6-7-8-9-10-11-12-13-14-15-16-17-18(19)20;7*4-1-3(6)2-5/h5*2-17H2,1H3,(H,19,20);7*3-6H,1-2H2. The first-order valence-electron chi connectivity index (χ1n) is 56.9. The lowest BCUT2D eigenvalue weighted by Gasteiger charge is -2.03.